The Balaban J connectivity index is 2.90. The van der Waals surface area contributed by atoms with Gasteiger partial charge in [0.1, 0.15) is 5.75 Å². The van der Waals surface area contributed by atoms with Crippen LogP contribution in [0.5, 0.6) is 5.75 Å². The van der Waals surface area contributed by atoms with Gasteiger partial charge >= 0.3 is 0 Å². The van der Waals surface area contributed by atoms with E-state index in [4.69, 9.17) is 5.73 Å². The minimum atomic E-state index is -0.505. The van der Waals surface area contributed by atoms with Crippen LogP contribution in [0.3, 0.4) is 0 Å². The van der Waals surface area contributed by atoms with E-state index in [9.17, 15) is 15.2 Å². The van der Waals surface area contributed by atoms with Gasteiger partial charge in [0.15, 0.2) is 0 Å². The van der Waals surface area contributed by atoms with Crippen LogP contribution in [0.1, 0.15) is 0 Å². The van der Waals surface area contributed by atoms with E-state index in [2.05, 4.69) is 0 Å². The van der Waals surface area contributed by atoms with Gasteiger partial charge in [-0.05, 0) is 12.1 Å². The van der Waals surface area contributed by atoms with Crippen LogP contribution in [0, 0.1) is 10.1 Å². The molecule has 0 fully saturated rings. The number of nitrogen functional groups attached to an aromatic ring is 1. The largest absolute Gasteiger partial charge is 0.506 e. The summed E-state index contributed by atoms with van der Waals surface area (Å²) in [5.41, 5.74) is 5.85. The number of phenolic OH excluding ortho intramolecular Hbond substituents is 1. The summed E-state index contributed by atoms with van der Waals surface area (Å²) in [5.74, 6) is 0.0206. The van der Waals surface area contributed by atoms with Crippen molar-refractivity contribution in [3.05, 3.63) is 27.6 Å². The van der Waals surface area contributed by atoms with E-state index in [0.29, 0.717) is 15.8 Å². The Labute approximate surface area is 82.5 Å². The number of nitro groups is 1. The molecule has 1 heterocycles. The Morgan fingerprint density at radius 1 is 1.50 bits per heavy atom. The first-order chi connectivity index (χ1) is 6.61. The topological polar surface area (TPSA) is 89.4 Å². The second-order valence-electron chi connectivity index (χ2n) is 2.76. The molecule has 2 rings (SSSR count). The van der Waals surface area contributed by atoms with Crippen molar-refractivity contribution in [1.29, 1.82) is 0 Å². The molecule has 0 radical (unpaired) electrons. The molecule has 0 spiro atoms. The number of hydrogen-bond acceptors (Lipinski definition) is 5. The number of fused-ring (bicyclic) bond motifs is 1. The molecule has 0 aliphatic carbocycles. The number of anilines is 1. The first kappa shape index (κ1) is 8.76. The molecule has 6 heteroatoms. The number of rotatable bonds is 1. The summed E-state index contributed by atoms with van der Waals surface area (Å²) in [6.07, 6.45) is 0. The third-order valence-electron chi connectivity index (χ3n) is 1.91. The zero-order chi connectivity index (χ0) is 10.3. The molecule has 72 valence electrons. The van der Waals surface area contributed by atoms with Crippen LogP contribution in [-0.2, 0) is 0 Å². The normalized spacial score (nSPS) is 10.6. The number of nitrogens with two attached hydrogens (primary N) is 1. The van der Waals surface area contributed by atoms with Crippen LogP contribution < -0.4 is 5.73 Å². The molecule has 0 atom stereocenters. The van der Waals surface area contributed by atoms with E-state index >= 15 is 0 Å². The molecular weight excluding hydrogens is 204 g/mol. The smallest absolute Gasteiger partial charge is 0.290 e. The average Bonchev–Trinajstić information content (AvgIpc) is 2.56. The van der Waals surface area contributed by atoms with E-state index in [0.717, 1.165) is 11.3 Å². The molecule has 0 amide bonds. The summed E-state index contributed by atoms with van der Waals surface area (Å²) in [7, 11) is 0. The highest BCUT2D eigenvalue weighted by molar-refractivity contribution is 7.18. The fourth-order valence-corrected chi connectivity index (χ4v) is 2.24. The predicted octanol–water partition coefficient (Wildman–Crippen LogP) is 2.10. The predicted molar refractivity (Wildman–Crippen MR) is 54.6 cm³/mol. The van der Waals surface area contributed by atoms with Gasteiger partial charge in [-0.15, -0.1) is 11.3 Å². The van der Waals surface area contributed by atoms with Crippen molar-refractivity contribution in [2.75, 3.05) is 5.73 Å². The van der Waals surface area contributed by atoms with Crippen LogP contribution in [0.15, 0.2) is 17.5 Å². The SMILES string of the molecule is Nc1ccc(O)c2scc([N+](=O)[O-])c12. The molecule has 14 heavy (non-hydrogen) atoms. The average molecular weight is 210 g/mol. The lowest BCUT2D eigenvalue weighted by atomic mass is 10.2. The fourth-order valence-electron chi connectivity index (χ4n) is 1.28. The van der Waals surface area contributed by atoms with Gasteiger partial charge in [-0.25, -0.2) is 0 Å². The first-order valence-corrected chi connectivity index (χ1v) is 4.62. The van der Waals surface area contributed by atoms with Gasteiger partial charge in [-0.2, -0.15) is 0 Å². The number of phenols is 1. The number of thiophene rings is 1. The van der Waals surface area contributed by atoms with Gasteiger partial charge in [0, 0.05) is 5.69 Å². The lowest BCUT2D eigenvalue weighted by Crippen LogP contribution is -1.90. The van der Waals surface area contributed by atoms with Gasteiger partial charge in [0.2, 0.25) is 0 Å². The minimum Gasteiger partial charge on any atom is -0.506 e. The molecule has 1 aromatic heterocycles. The zero-order valence-electron chi connectivity index (χ0n) is 6.93. The van der Waals surface area contributed by atoms with E-state index < -0.39 is 4.92 Å². The van der Waals surface area contributed by atoms with Gasteiger partial charge in [-0.3, -0.25) is 10.1 Å². The monoisotopic (exact) mass is 210 g/mol. The van der Waals surface area contributed by atoms with Gasteiger partial charge < -0.3 is 10.8 Å². The second-order valence-corrected chi connectivity index (χ2v) is 3.64. The Morgan fingerprint density at radius 3 is 2.86 bits per heavy atom. The molecule has 3 N–H and O–H groups in total. The summed E-state index contributed by atoms with van der Waals surface area (Å²) in [4.78, 5) is 10.1. The minimum absolute atomic E-state index is 0.0206. The summed E-state index contributed by atoms with van der Waals surface area (Å²) in [5, 5.41) is 21.7. The summed E-state index contributed by atoms with van der Waals surface area (Å²) < 4.78 is 0.455. The van der Waals surface area contributed by atoms with E-state index in [-0.39, 0.29) is 11.4 Å². The Hall–Kier alpha value is -1.82. The van der Waals surface area contributed by atoms with Crippen molar-refractivity contribution in [2.45, 2.75) is 0 Å². The van der Waals surface area contributed by atoms with Crippen molar-refractivity contribution in [3.8, 4) is 5.75 Å². The van der Waals surface area contributed by atoms with Crippen molar-refractivity contribution in [3.63, 3.8) is 0 Å². The lowest BCUT2D eigenvalue weighted by molar-refractivity contribution is -0.382. The maximum Gasteiger partial charge on any atom is 0.290 e. The highest BCUT2D eigenvalue weighted by atomic mass is 32.1. The summed E-state index contributed by atoms with van der Waals surface area (Å²) in [6, 6.07) is 2.88. The first-order valence-electron chi connectivity index (χ1n) is 3.74. The van der Waals surface area contributed by atoms with Gasteiger partial charge in [0.05, 0.1) is 20.4 Å². The second kappa shape index (κ2) is 2.85. The summed E-state index contributed by atoms with van der Waals surface area (Å²) in [6.45, 7) is 0. The van der Waals surface area contributed by atoms with Crippen LogP contribution >= 0.6 is 11.3 Å². The van der Waals surface area contributed by atoms with Crippen molar-refractivity contribution in [2.24, 2.45) is 0 Å². The Bertz CT molecular complexity index is 521. The third-order valence-corrected chi connectivity index (χ3v) is 2.90. The molecule has 0 unspecified atom stereocenters. The number of benzene rings is 1. The highest BCUT2D eigenvalue weighted by Gasteiger charge is 2.18. The number of nitrogens with zero attached hydrogens (tertiary/aromatic N) is 1. The molecule has 2 aromatic rings. The Morgan fingerprint density at radius 2 is 2.21 bits per heavy atom. The fraction of sp³-hybridized carbons (Fsp3) is 0. The van der Waals surface area contributed by atoms with E-state index in [1.165, 1.54) is 17.5 Å². The maximum absolute atomic E-state index is 10.6. The van der Waals surface area contributed by atoms with Crippen LogP contribution in [0.2, 0.25) is 0 Å². The quantitative estimate of drug-likeness (QED) is 0.326. The van der Waals surface area contributed by atoms with Crippen LogP contribution in [-0.4, -0.2) is 10.0 Å². The van der Waals surface area contributed by atoms with Crippen molar-refractivity contribution >= 4 is 32.8 Å². The standard InChI is InChI=1S/C8H6N2O3S/c9-4-1-2-6(11)8-7(4)5(3-14-8)10(12)13/h1-3,11H,9H2. The van der Waals surface area contributed by atoms with E-state index in [1.54, 1.807) is 0 Å². The molecule has 1 aromatic carbocycles. The van der Waals surface area contributed by atoms with Crippen molar-refractivity contribution in [1.82, 2.24) is 0 Å². The molecule has 0 aliphatic rings. The molecule has 5 nitrogen and oxygen atoms in total. The molecular formula is C8H6N2O3S. The third kappa shape index (κ3) is 1.08. The van der Waals surface area contributed by atoms with Gasteiger partial charge in [0.25, 0.3) is 5.69 Å². The van der Waals surface area contributed by atoms with Crippen LogP contribution in [0.25, 0.3) is 10.1 Å². The Kier molecular flexibility index (Phi) is 1.78. The maximum atomic E-state index is 10.6. The number of hydrogen-bond donors (Lipinski definition) is 2. The molecule has 0 saturated heterocycles. The zero-order valence-corrected chi connectivity index (χ0v) is 7.75. The van der Waals surface area contributed by atoms with Crippen LogP contribution in [0.4, 0.5) is 11.4 Å². The van der Waals surface area contributed by atoms with Crippen molar-refractivity contribution < 1.29 is 10.0 Å². The molecule has 0 aliphatic heterocycles. The lowest BCUT2D eigenvalue weighted by Gasteiger charge is -1.97. The number of aromatic hydroxyl groups is 1. The summed E-state index contributed by atoms with van der Waals surface area (Å²) >= 11 is 1.11. The van der Waals surface area contributed by atoms with Gasteiger partial charge in [-0.1, -0.05) is 0 Å². The molecule has 0 bridgehead atoms. The molecule has 0 saturated carbocycles. The van der Waals surface area contributed by atoms with E-state index in [1.807, 2.05) is 0 Å². The highest BCUT2D eigenvalue weighted by Crippen LogP contribution is 2.40.